The first-order chi connectivity index (χ1) is 8.65. The molecular formula is C13H11BrN2O2. The Hall–Kier alpha value is -1.75. The standard InChI is InChI=1S/C13H11BrN2O2/c1-7-4-5-18-12(7)11(14)8-2-3-9-10(6-8)16-13(17)15-9/h2-6,11H,1H3,(H2,15,16,17). The molecule has 92 valence electrons. The molecule has 1 unspecified atom stereocenters. The van der Waals surface area contributed by atoms with E-state index < -0.39 is 0 Å². The zero-order valence-corrected chi connectivity index (χ0v) is 11.2. The smallest absolute Gasteiger partial charge is 0.323 e. The van der Waals surface area contributed by atoms with Gasteiger partial charge in [-0.3, -0.25) is 0 Å². The number of aromatic amines is 2. The largest absolute Gasteiger partial charge is 0.468 e. The summed E-state index contributed by atoms with van der Waals surface area (Å²) in [5.41, 5.74) is 3.54. The van der Waals surface area contributed by atoms with Crippen LogP contribution in [-0.2, 0) is 0 Å². The Morgan fingerprint density at radius 1 is 1.22 bits per heavy atom. The highest BCUT2D eigenvalue weighted by Crippen LogP contribution is 2.34. The fraction of sp³-hybridized carbons (Fsp3) is 0.154. The predicted molar refractivity (Wildman–Crippen MR) is 73.1 cm³/mol. The van der Waals surface area contributed by atoms with E-state index in [2.05, 4.69) is 25.9 Å². The Bertz CT molecular complexity index is 754. The Balaban J connectivity index is 2.09. The number of imidazole rings is 1. The van der Waals surface area contributed by atoms with Gasteiger partial charge in [0.15, 0.2) is 0 Å². The van der Waals surface area contributed by atoms with Crippen molar-refractivity contribution in [1.29, 1.82) is 0 Å². The van der Waals surface area contributed by atoms with Gasteiger partial charge < -0.3 is 14.4 Å². The number of benzene rings is 1. The molecule has 4 nitrogen and oxygen atoms in total. The maximum atomic E-state index is 11.2. The second-order valence-electron chi connectivity index (χ2n) is 4.21. The van der Waals surface area contributed by atoms with Crippen molar-refractivity contribution in [3.05, 3.63) is 57.9 Å². The van der Waals surface area contributed by atoms with Crippen LogP contribution < -0.4 is 5.69 Å². The summed E-state index contributed by atoms with van der Waals surface area (Å²) < 4.78 is 5.47. The molecular weight excluding hydrogens is 296 g/mol. The van der Waals surface area contributed by atoms with E-state index in [1.165, 1.54) is 0 Å². The molecule has 0 amide bonds. The van der Waals surface area contributed by atoms with E-state index in [1.54, 1.807) is 6.26 Å². The molecule has 2 aromatic heterocycles. The molecule has 2 heterocycles. The first-order valence-corrected chi connectivity index (χ1v) is 6.47. The van der Waals surface area contributed by atoms with Gasteiger partial charge in [0, 0.05) is 0 Å². The predicted octanol–water partition coefficient (Wildman–Crippen LogP) is 3.24. The van der Waals surface area contributed by atoms with Crippen LogP contribution in [0.5, 0.6) is 0 Å². The number of hydrogen-bond donors (Lipinski definition) is 2. The van der Waals surface area contributed by atoms with E-state index in [0.29, 0.717) is 0 Å². The fourth-order valence-electron chi connectivity index (χ4n) is 2.00. The molecule has 0 aliphatic rings. The zero-order valence-electron chi connectivity index (χ0n) is 9.66. The normalized spacial score (nSPS) is 13.0. The molecule has 0 spiro atoms. The molecule has 0 saturated carbocycles. The molecule has 18 heavy (non-hydrogen) atoms. The first-order valence-electron chi connectivity index (χ1n) is 5.55. The molecule has 0 bridgehead atoms. The molecule has 0 aliphatic carbocycles. The SMILES string of the molecule is Cc1ccoc1C(Br)c1ccc2[nH]c(=O)[nH]c2c1. The minimum Gasteiger partial charge on any atom is -0.468 e. The van der Waals surface area contributed by atoms with E-state index in [-0.39, 0.29) is 10.5 Å². The lowest BCUT2D eigenvalue weighted by Gasteiger charge is -2.08. The lowest BCUT2D eigenvalue weighted by Crippen LogP contribution is -1.99. The lowest BCUT2D eigenvalue weighted by atomic mass is 10.1. The van der Waals surface area contributed by atoms with E-state index in [0.717, 1.165) is 27.9 Å². The van der Waals surface area contributed by atoms with Crippen molar-refractivity contribution in [2.24, 2.45) is 0 Å². The number of H-pyrrole nitrogens is 2. The molecule has 1 aromatic carbocycles. The van der Waals surface area contributed by atoms with Crippen LogP contribution in [-0.4, -0.2) is 9.97 Å². The topological polar surface area (TPSA) is 61.8 Å². The van der Waals surface area contributed by atoms with Crippen molar-refractivity contribution in [2.45, 2.75) is 11.8 Å². The highest BCUT2D eigenvalue weighted by Gasteiger charge is 2.16. The van der Waals surface area contributed by atoms with Crippen molar-refractivity contribution in [3.8, 4) is 0 Å². The number of aryl methyl sites for hydroxylation is 1. The number of nitrogens with one attached hydrogen (secondary N) is 2. The summed E-state index contributed by atoms with van der Waals surface area (Å²) in [6, 6.07) is 7.72. The van der Waals surface area contributed by atoms with Gasteiger partial charge in [0.1, 0.15) is 5.76 Å². The summed E-state index contributed by atoms with van der Waals surface area (Å²) in [7, 11) is 0. The van der Waals surface area contributed by atoms with Gasteiger partial charge in [-0.15, -0.1) is 0 Å². The number of fused-ring (bicyclic) bond motifs is 1. The van der Waals surface area contributed by atoms with Crippen molar-refractivity contribution in [1.82, 2.24) is 9.97 Å². The zero-order chi connectivity index (χ0) is 12.7. The third-order valence-electron chi connectivity index (χ3n) is 2.96. The van der Waals surface area contributed by atoms with Crippen LogP contribution in [0.1, 0.15) is 21.7 Å². The summed E-state index contributed by atoms with van der Waals surface area (Å²) in [5, 5.41) is 0. The lowest BCUT2D eigenvalue weighted by molar-refractivity contribution is 0.517. The van der Waals surface area contributed by atoms with E-state index in [4.69, 9.17) is 4.42 Å². The van der Waals surface area contributed by atoms with Crippen molar-refractivity contribution in [2.75, 3.05) is 0 Å². The van der Waals surface area contributed by atoms with Gasteiger partial charge >= 0.3 is 5.69 Å². The van der Waals surface area contributed by atoms with Gasteiger partial charge in [-0.25, -0.2) is 4.79 Å². The van der Waals surface area contributed by atoms with Crippen LogP contribution in [0.15, 0.2) is 39.7 Å². The molecule has 1 atom stereocenters. The number of furan rings is 1. The minimum atomic E-state index is -0.192. The van der Waals surface area contributed by atoms with Gasteiger partial charge in [-0.2, -0.15) is 0 Å². The Kier molecular flexibility index (Phi) is 2.63. The summed E-state index contributed by atoms with van der Waals surface area (Å²) >= 11 is 3.62. The minimum absolute atomic E-state index is 0.0182. The quantitative estimate of drug-likeness (QED) is 0.714. The number of alkyl halides is 1. The molecule has 0 saturated heterocycles. The van der Waals surface area contributed by atoms with Gasteiger partial charge in [0.25, 0.3) is 0 Å². The second-order valence-corrected chi connectivity index (χ2v) is 5.13. The Morgan fingerprint density at radius 2 is 2.00 bits per heavy atom. The van der Waals surface area contributed by atoms with Crippen molar-refractivity contribution < 1.29 is 4.42 Å². The van der Waals surface area contributed by atoms with E-state index >= 15 is 0 Å². The third-order valence-corrected chi connectivity index (χ3v) is 3.91. The fourth-order valence-corrected chi connectivity index (χ4v) is 2.76. The van der Waals surface area contributed by atoms with Crippen LogP contribution >= 0.6 is 15.9 Å². The summed E-state index contributed by atoms with van der Waals surface area (Å²) in [6.07, 6.45) is 1.68. The summed E-state index contributed by atoms with van der Waals surface area (Å²) in [5.74, 6) is 0.882. The van der Waals surface area contributed by atoms with E-state index in [1.807, 2.05) is 31.2 Å². The number of rotatable bonds is 2. The highest BCUT2D eigenvalue weighted by atomic mass is 79.9. The molecule has 3 aromatic rings. The molecule has 0 fully saturated rings. The van der Waals surface area contributed by atoms with Crippen molar-refractivity contribution in [3.63, 3.8) is 0 Å². The monoisotopic (exact) mass is 306 g/mol. The van der Waals surface area contributed by atoms with Crippen LogP contribution in [0, 0.1) is 6.92 Å². The molecule has 3 rings (SSSR count). The van der Waals surface area contributed by atoms with Crippen LogP contribution in [0.3, 0.4) is 0 Å². The van der Waals surface area contributed by atoms with Gasteiger partial charge in [-0.1, -0.05) is 22.0 Å². The molecule has 2 N–H and O–H groups in total. The van der Waals surface area contributed by atoms with Crippen LogP contribution in [0.2, 0.25) is 0 Å². The van der Waals surface area contributed by atoms with Gasteiger partial charge in [-0.05, 0) is 36.2 Å². The second kappa shape index (κ2) is 4.17. The maximum Gasteiger partial charge on any atom is 0.323 e. The van der Waals surface area contributed by atoms with Gasteiger partial charge in [0.05, 0.1) is 22.1 Å². The molecule has 0 aliphatic heterocycles. The molecule has 5 heteroatoms. The van der Waals surface area contributed by atoms with Crippen molar-refractivity contribution >= 4 is 27.0 Å². The summed E-state index contributed by atoms with van der Waals surface area (Å²) in [4.78, 5) is 16.7. The number of halogens is 1. The highest BCUT2D eigenvalue weighted by molar-refractivity contribution is 9.09. The average Bonchev–Trinajstić information content (AvgIpc) is 2.91. The van der Waals surface area contributed by atoms with E-state index in [9.17, 15) is 4.79 Å². The first kappa shape index (κ1) is 11.3. The Labute approximate surface area is 111 Å². The Morgan fingerprint density at radius 3 is 2.72 bits per heavy atom. The maximum absolute atomic E-state index is 11.2. The third kappa shape index (κ3) is 1.80. The summed E-state index contributed by atoms with van der Waals surface area (Å²) in [6.45, 7) is 2.00. The van der Waals surface area contributed by atoms with Gasteiger partial charge in [0.2, 0.25) is 0 Å². The average molecular weight is 307 g/mol. The van der Waals surface area contributed by atoms with Crippen LogP contribution in [0.4, 0.5) is 0 Å². The number of hydrogen-bond acceptors (Lipinski definition) is 2. The number of aromatic nitrogens is 2. The molecule has 0 radical (unpaired) electrons. The van der Waals surface area contributed by atoms with Crippen LogP contribution in [0.25, 0.3) is 11.0 Å².